The SMILES string of the molecule is CC(=O)C1C(=O)C(CC(C)C)N(Cc2ccc(-c3ccccc3)cc2)C1=O. The number of benzene rings is 2. The van der Waals surface area contributed by atoms with Gasteiger partial charge in [-0.15, -0.1) is 0 Å². The molecule has 4 heteroatoms. The summed E-state index contributed by atoms with van der Waals surface area (Å²) in [4.78, 5) is 38.8. The lowest BCUT2D eigenvalue weighted by Crippen LogP contribution is -2.36. The summed E-state index contributed by atoms with van der Waals surface area (Å²) in [6.07, 6.45) is 0.580. The molecule has 2 atom stereocenters. The topological polar surface area (TPSA) is 54.5 Å². The van der Waals surface area contributed by atoms with Crippen molar-refractivity contribution >= 4 is 17.5 Å². The van der Waals surface area contributed by atoms with Crippen molar-refractivity contribution in [2.45, 2.75) is 39.8 Å². The van der Waals surface area contributed by atoms with Gasteiger partial charge in [-0.25, -0.2) is 0 Å². The highest BCUT2D eigenvalue weighted by Crippen LogP contribution is 2.29. The second-order valence-electron chi connectivity index (χ2n) is 7.62. The highest BCUT2D eigenvalue weighted by atomic mass is 16.2. The number of hydrogen-bond donors (Lipinski definition) is 0. The lowest BCUT2D eigenvalue weighted by molar-refractivity contribution is -0.138. The second kappa shape index (κ2) is 7.87. The molecule has 27 heavy (non-hydrogen) atoms. The van der Waals surface area contributed by atoms with E-state index in [1.807, 2.05) is 68.4 Å². The Kier molecular flexibility index (Phi) is 5.54. The Labute approximate surface area is 160 Å². The first-order valence-corrected chi connectivity index (χ1v) is 9.37. The first-order chi connectivity index (χ1) is 12.9. The first-order valence-electron chi connectivity index (χ1n) is 9.37. The summed E-state index contributed by atoms with van der Waals surface area (Å²) in [5.41, 5.74) is 3.18. The molecule has 0 radical (unpaired) electrons. The zero-order valence-corrected chi connectivity index (χ0v) is 16.0. The molecular formula is C23H25NO3. The molecule has 0 bridgehead atoms. The minimum Gasteiger partial charge on any atom is -0.327 e. The maximum atomic E-state index is 12.7. The molecule has 1 amide bonds. The van der Waals surface area contributed by atoms with Crippen molar-refractivity contribution < 1.29 is 14.4 Å². The van der Waals surface area contributed by atoms with Gasteiger partial charge in [0.25, 0.3) is 0 Å². The number of carbonyl (C=O) groups excluding carboxylic acids is 3. The first kappa shape index (κ1) is 19.0. The van der Waals surface area contributed by atoms with Crippen molar-refractivity contribution in [2.75, 3.05) is 0 Å². The molecule has 1 aliphatic rings. The van der Waals surface area contributed by atoms with E-state index in [0.29, 0.717) is 13.0 Å². The molecule has 1 saturated heterocycles. The van der Waals surface area contributed by atoms with E-state index in [1.54, 1.807) is 4.90 Å². The maximum Gasteiger partial charge on any atom is 0.241 e. The van der Waals surface area contributed by atoms with Gasteiger partial charge in [-0.1, -0.05) is 68.4 Å². The van der Waals surface area contributed by atoms with Crippen molar-refractivity contribution in [1.29, 1.82) is 0 Å². The molecule has 0 spiro atoms. The van der Waals surface area contributed by atoms with Gasteiger partial charge in [0, 0.05) is 6.54 Å². The Hall–Kier alpha value is -2.75. The van der Waals surface area contributed by atoms with Crippen LogP contribution in [0.15, 0.2) is 54.6 Å². The molecule has 140 valence electrons. The molecule has 0 aromatic heterocycles. The van der Waals surface area contributed by atoms with Gasteiger partial charge in [-0.3, -0.25) is 14.4 Å². The Bertz CT molecular complexity index is 840. The molecular weight excluding hydrogens is 338 g/mol. The molecule has 2 unspecified atom stereocenters. The fourth-order valence-electron chi connectivity index (χ4n) is 3.67. The highest BCUT2D eigenvalue weighted by molar-refractivity contribution is 6.23. The number of likely N-dealkylation sites (tertiary alicyclic amines) is 1. The van der Waals surface area contributed by atoms with E-state index in [2.05, 4.69) is 0 Å². The van der Waals surface area contributed by atoms with Gasteiger partial charge in [-0.05, 0) is 36.0 Å². The van der Waals surface area contributed by atoms with Gasteiger partial charge in [0.05, 0.1) is 6.04 Å². The van der Waals surface area contributed by atoms with Crippen molar-refractivity contribution in [3.63, 3.8) is 0 Å². The summed E-state index contributed by atoms with van der Waals surface area (Å²) in [5.74, 6) is -1.83. The Morgan fingerprint density at radius 1 is 0.963 bits per heavy atom. The summed E-state index contributed by atoms with van der Waals surface area (Å²) in [6.45, 7) is 5.71. The van der Waals surface area contributed by atoms with Crippen LogP contribution in [0.5, 0.6) is 0 Å². The van der Waals surface area contributed by atoms with Crippen LogP contribution >= 0.6 is 0 Å². The summed E-state index contributed by atoms with van der Waals surface area (Å²) in [7, 11) is 0. The molecule has 4 nitrogen and oxygen atoms in total. The predicted octanol–water partition coefficient (Wildman–Crippen LogP) is 3.88. The smallest absolute Gasteiger partial charge is 0.241 e. The van der Waals surface area contributed by atoms with E-state index in [9.17, 15) is 14.4 Å². The molecule has 3 rings (SSSR count). The number of carbonyl (C=O) groups is 3. The zero-order valence-electron chi connectivity index (χ0n) is 16.0. The monoisotopic (exact) mass is 363 g/mol. The van der Waals surface area contributed by atoms with Crippen LogP contribution in [0.4, 0.5) is 0 Å². The lowest BCUT2D eigenvalue weighted by atomic mass is 9.94. The molecule has 2 aromatic carbocycles. The zero-order chi connectivity index (χ0) is 19.6. The normalized spacial score (nSPS) is 19.8. The fourth-order valence-corrected chi connectivity index (χ4v) is 3.67. The van der Waals surface area contributed by atoms with E-state index < -0.39 is 12.0 Å². The van der Waals surface area contributed by atoms with Crippen molar-refractivity contribution in [3.8, 4) is 11.1 Å². The summed E-state index contributed by atoms with van der Waals surface area (Å²) < 4.78 is 0. The molecule has 0 saturated carbocycles. The van der Waals surface area contributed by atoms with Crippen LogP contribution in [0.25, 0.3) is 11.1 Å². The fraction of sp³-hybridized carbons (Fsp3) is 0.348. The molecule has 1 aliphatic heterocycles. The molecule has 0 aliphatic carbocycles. The number of amides is 1. The molecule has 1 heterocycles. The quantitative estimate of drug-likeness (QED) is 0.732. The largest absolute Gasteiger partial charge is 0.327 e. The number of hydrogen-bond acceptors (Lipinski definition) is 3. The van der Waals surface area contributed by atoms with Crippen LogP contribution in [-0.4, -0.2) is 28.4 Å². The summed E-state index contributed by atoms with van der Waals surface area (Å²) in [5, 5.41) is 0. The average Bonchev–Trinajstić information content (AvgIpc) is 2.86. The standard InChI is InChI=1S/C23H25NO3/c1-15(2)13-20-22(26)21(16(3)25)23(27)24(20)14-17-9-11-19(12-10-17)18-7-5-4-6-8-18/h4-12,15,20-21H,13-14H2,1-3H3. The minimum absolute atomic E-state index is 0.248. The van der Waals surface area contributed by atoms with Crippen LogP contribution in [0, 0.1) is 11.8 Å². The Morgan fingerprint density at radius 3 is 2.11 bits per heavy atom. The van der Waals surface area contributed by atoms with Crippen LogP contribution in [0.3, 0.4) is 0 Å². The molecule has 1 fully saturated rings. The van der Waals surface area contributed by atoms with Crippen molar-refractivity contribution in [3.05, 3.63) is 60.2 Å². The van der Waals surface area contributed by atoms with E-state index in [0.717, 1.165) is 16.7 Å². The van der Waals surface area contributed by atoms with Crippen molar-refractivity contribution in [1.82, 2.24) is 4.90 Å². The van der Waals surface area contributed by atoms with Crippen LogP contribution in [-0.2, 0) is 20.9 Å². The number of ketones is 2. The minimum atomic E-state index is -1.13. The van der Waals surface area contributed by atoms with E-state index in [4.69, 9.17) is 0 Å². The number of nitrogens with zero attached hydrogens (tertiary/aromatic N) is 1. The third kappa shape index (κ3) is 4.00. The van der Waals surface area contributed by atoms with Gasteiger partial charge < -0.3 is 4.90 Å². The van der Waals surface area contributed by atoms with Crippen LogP contribution < -0.4 is 0 Å². The predicted molar refractivity (Wildman–Crippen MR) is 105 cm³/mol. The van der Waals surface area contributed by atoms with Gasteiger partial charge >= 0.3 is 0 Å². The summed E-state index contributed by atoms with van der Waals surface area (Å²) in [6, 6.07) is 17.6. The summed E-state index contributed by atoms with van der Waals surface area (Å²) >= 11 is 0. The van der Waals surface area contributed by atoms with Crippen LogP contribution in [0.1, 0.15) is 32.8 Å². The maximum absolute atomic E-state index is 12.7. The Balaban J connectivity index is 1.82. The van der Waals surface area contributed by atoms with E-state index in [-0.39, 0.29) is 23.4 Å². The molecule has 0 N–H and O–H groups in total. The van der Waals surface area contributed by atoms with Gasteiger partial charge in [-0.2, -0.15) is 0 Å². The lowest BCUT2D eigenvalue weighted by Gasteiger charge is -2.25. The van der Waals surface area contributed by atoms with Gasteiger partial charge in [0.2, 0.25) is 5.91 Å². The number of rotatable bonds is 6. The number of Topliss-reactive ketones (excluding diaryl/α,β-unsaturated/α-hetero) is 2. The van der Waals surface area contributed by atoms with Crippen molar-refractivity contribution in [2.24, 2.45) is 11.8 Å². The average molecular weight is 363 g/mol. The third-order valence-corrected chi connectivity index (χ3v) is 5.03. The second-order valence-corrected chi connectivity index (χ2v) is 7.62. The Morgan fingerprint density at radius 2 is 1.56 bits per heavy atom. The third-order valence-electron chi connectivity index (χ3n) is 5.03. The van der Waals surface area contributed by atoms with Gasteiger partial charge in [0.15, 0.2) is 11.7 Å². The van der Waals surface area contributed by atoms with E-state index >= 15 is 0 Å². The van der Waals surface area contributed by atoms with Crippen LogP contribution in [0.2, 0.25) is 0 Å². The van der Waals surface area contributed by atoms with E-state index in [1.165, 1.54) is 6.92 Å². The molecule has 2 aromatic rings. The van der Waals surface area contributed by atoms with Gasteiger partial charge in [0.1, 0.15) is 5.78 Å². The highest BCUT2D eigenvalue weighted by Gasteiger charge is 2.49.